The summed E-state index contributed by atoms with van der Waals surface area (Å²) in [6.07, 6.45) is -0.419. The molecule has 0 bridgehead atoms. The van der Waals surface area contributed by atoms with E-state index < -0.39 is 6.10 Å². The maximum absolute atomic E-state index is 9.51. The van der Waals surface area contributed by atoms with Crippen molar-refractivity contribution in [3.63, 3.8) is 0 Å². The predicted molar refractivity (Wildman–Crippen MR) is 82.0 cm³/mol. The number of ether oxygens (including phenoxy) is 5. The second kappa shape index (κ2) is 17.1. The fraction of sp³-hybridized carbons (Fsp3) is 1.00. The number of rotatable bonds is 17. The van der Waals surface area contributed by atoms with Gasteiger partial charge in [0, 0.05) is 0 Å². The maximum Gasteiger partial charge on any atom is 0.0796 e. The van der Waals surface area contributed by atoms with Crippen molar-refractivity contribution >= 4 is 0 Å². The second-order valence-electron chi connectivity index (χ2n) is 5.06. The van der Waals surface area contributed by atoms with Crippen molar-refractivity contribution in [2.24, 2.45) is 5.92 Å². The van der Waals surface area contributed by atoms with Crippen molar-refractivity contribution in [2.45, 2.75) is 20.0 Å². The number of hydrogen-bond donors (Lipinski definition) is 2. The summed E-state index contributed by atoms with van der Waals surface area (Å²) in [5.41, 5.74) is 0. The standard InChI is InChI=1S/C15H32O7/c1-14(2)15(17)13-22-12-11-21-10-9-20-8-7-19-6-5-18-4-3-16/h14-17H,3-13H2,1-2H3. The molecule has 0 aromatic heterocycles. The highest BCUT2D eigenvalue weighted by Crippen LogP contribution is 2.00. The Morgan fingerprint density at radius 3 is 1.36 bits per heavy atom. The third-order valence-electron chi connectivity index (χ3n) is 2.78. The summed E-state index contributed by atoms with van der Waals surface area (Å²) in [6.45, 7) is 8.62. The van der Waals surface area contributed by atoms with E-state index in [1.807, 2.05) is 13.8 Å². The highest BCUT2D eigenvalue weighted by molar-refractivity contribution is 4.57. The fourth-order valence-corrected chi connectivity index (χ4v) is 1.34. The van der Waals surface area contributed by atoms with Crippen molar-refractivity contribution in [1.29, 1.82) is 0 Å². The van der Waals surface area contributed by atoms with Crippen molar-refractivity contribution in [3.05, 3.63) is 0 Å². The minimum absolute atomic E-state index is 0.0342. The van der Waals surface area contributed by atoms with Gasteiger partial charge in [-0.2, -0.15) is 0 Å². The van der Waals surface area contributed by atoms with E-state index in [1.165, 1.54) is 0 Å². The molecular weight excluding hydrogens is 292 g/mol. The molecule has 0 spiro atoms. The third kappa shape index (κ3) is 16.1. The molecule has 0 rings (SSSR count). The zero-order chi connectivity index (χ0) is 16.5. The monoisotopic (exact) mass is 324 g/mol. The van der Waals surface area contributed by atoms with Gasteiger partial charge in [-0.1, -0.05) is 13.8 Å². The molecule has 0 saturated carbocycles. The van der Waals surface area contributed by atoms with E-state index in [9.17, 15) is 5.11 Å². The Morgan fingerprint density at radius 2 is 1.00 bits per heavy atom. The molecule has 0 aliphatic rings. The van der Waals surface area contributed by atoms with E-state index in [1.54, 1.807) is 0 Å². The normalized spacial score (nSPS) is 13.0. The zero-order valence-corrected chi connectivity index (χ0v) is 13.9. The smallest absolute Gasteiger partial charge is 0.0796 e. The van der Waals surface area contributed by atoms with Crippen LogP contribution in [0.2, 0.25) is 0 Å². The second-order valence-corrected chi connectivity index (χ2v) is 5.06. The highest BCUT2D eigenvalue weighted by Gasteiger charge is 2.08. The number of aliphatic hydroxyl groups excluding tert-OH is 2. The van der Waals surface area contributed by atoms with Gasteiger partial charge in [-0.3, -0.25) is 0 Å². The summed E-state index contributed by atoms with van der Waals surface area (Å²) in [7, 11) is 0. The van der Waals surface area contributed by atoms with Crippen LogP contribution in [0.3, 0.4) is 0 Å². The Labute approximate surface area is 133 Å². The molecule has 0 aromatic rings. The number of aliphatic hydroxyl groups is 2. The summed E-state index contributed by atoms with van der Waals surface area (Å²) in [6, 6.07) is 0. The largest absolute Gasteiger partial charge is 0.394 e. The molecule has 0 amide bonds. The van der Waals surface area contributed by atoms with E-state index in [2.05, 4.69) is 0 Å². The van der Waals surface area contributed by atoms with Gasteiger partial charge in [0.15, 0.2) is 0 Å². The molecule has 7 heteroatoms. The first-order chi connectivity index (χ1) is 10.7. The first-order valence-electron chi connectivity index (χ1n) is 7.86. The molecule has 0 saturated heterocycles. The van der Waals surface area contributed by atoms with Crippen molar-refractivity contribution in [2.75, 3.05) is 72.7 Å². The van der Waals surface area contributed by atoms with E-state index in [0.29, 0.717) is 66.1 Å². The van der Waals surface area contributed by atoms with Gasteiger partial charge in [0.25, 0.3) is 0 Å². The molecule has 22 heavy (non-hydrogen) atoms. The topological polar surface area (TPSA) is 86.6 Å². The van der Waals surface area contributed by atoms with Crippen molar-refractivity contribution in [3.8, 4) is 0 Å². The summed E-state index contributed by atoms with van der Waals surface area (Å²) in [4.78, 5) is 0. The van der Waals surface area contributed by atoms with Gasteiger partial charge in [0.05, 0.1) is 78.8 Å². The molecule has 0 heterocycles. The Balaban J connectivity index is 3.03. The van der Waals surface area contributed by atoms with Gasteiger partial charge < -0.3 is 33.9 Å². The van der Waals surface area contributed by atoms with Crippen LogP contribution in [0.5, 0.6) is 0 Å². The Bertz CT molecular complexity index is 214. The summed E-state index contributed by atoms with van der Waals surface area (Å²) in [5.74, 6) is 0.206. The molecule has 0 aliphatic heterocycles. The Morgan fingerprint density at radius 1 is 0.636 bits per heavy atom. The Kier molecular flexibility index (Phi) is 16.9. The molecule has 0 fully saturated rings. The molecule has 2 N–H and O–H groups in total. The lowest BCUT2D eigenvalue weighted by molar-refractivity contribution is -0.0279. The van der Waals surface area contributed by atoms with Crippen LogP contribution in [0.15, 0.2) is 0 Å². The highest BCUT2D eigenvalue weighted by atomic mass is 16.6. The minimum Gasteiger partial charge on any atom is -0.394 e. The summed E-state index contributed by atoms with van der Waals surface area (Å²) < 4.78 is 26.3. The van der Waals surface area contributed by atoms with Crippen molar-refractivity contribution < 1.29 is 33.9 Å². The van der Waals surface area contributed by atoms with Crippen LogP contribution in [0.1, 0.15) is 13.8 Å². The van der Waals surface area contributed by atoms with Crippen LogP contribution in [0.25, 0.3) is 0 Å². The molecule has 0 aromatic carbocycles. The lowest BCUT2D eigenvalue weighted by Gasteiger charge is -2.14. The SMILES string of the molecule is CC(C)C(O)COCCOCCOCCOCCOCCO. The van der Waals surface area contributed by atoms with Crippen LogP contribution in [0.4, 0.5) is 0 Å². The molecular formula is C15H32O7. The lowest BCUT2D eigenvalue weighted by atomic mass is 10.1. The summed E-state index contributed by atoms with van der Waals surface area (Å²) >= 11 is 0. The van der Waals surface area contributed by atoms with Gasteiger partial charge in [-0.05, 0) is 5.92 Å². The first-order valence-corrected chi connectivity index (χ1v) is 7.86. The van der Waals surface area contributed by atoms with E-state index in [0.717, 1.165) is 0 Å². The van der Waals surface area contributed by atoms with Crippen molar-refractivity contribution in [1.82, 2.24) is 0 Å². The predicted octanol–water partition coefficient (Wildman–Crippen LogP) is 0.0786. The van der Waals surface area contributed by atoms with Gasteiger partial charge >= 0.3 is 0 Å². The molecule has 0 aliphatic carbocycles. The van der Waals surface area contributed by atoms with Crippen LogP contribution in [-0.4, -0.2) is 89.0 Å². The number of hydrogen-bond acceptors (Lipinski definition) is 7. The van der Waals surface area contributed by atoms with E-state index in [-0.39, 0.29) is 12.5 Å². The average molecular weight is 324 g/mol. The fourth-order valence-electron chi connectivity index (χ4n) is 1.34. The Hall–Kier alpha value is -0.280. The lowest BCUT2D eigenvalue weighted by Crippen LogP contribution is -2.22. The minimum atomic E-state index is -0.419. The average Bonchev–Trinajstić information content (AvgIpc) is 2.50. The first kappa shape index (κ1) is 21.7. The van der Waals surface area contributed by atoms with Gasteiger partial charge in [0.1, 0.15) is 0 Å². The summed E-state index contributed by atoms with van der Waals surface area (Å²) in [5, 5.41) is 18.0. The molecule has 7 nitrogen and oxygen atoms in total. The molecule has 0 radical (unpaired) electrons. The molecule has 1 atom stereocenters. The quantitative estimate of drug-likeness (QED) is 0.366. The van der Waals surface area contributed by atoms with Crippen LogP contribution >= 0.6 is 0 Å². The van der Waals surface area contributed by atoms with Crippen LogP contribution < -0.4 is 0 Å². The van der Waals surface area contributed by atoms with Crippen LogP contribution in [0, 0.1) is 5.92 Å². The van der Waals surface area contributed by atoms with E-state index in [4.69, 9.17) is 28.8 Å². The van der Waals surface area contributed by atoms with Gasteiger partial charge in [-0.25, -0.2) is 0 Å². The zero-order valence-electron chi connectivity index (χ0n) is 13.9. The maximum atomic E-state index is 9.51. The molecule has 1 unspecified atom stereocenters. The van der Waals surface area contributed by atoms with Crippen LogP contribution in [-0.2, 0) is 23.7 Å². The molecule has 134 valence electrons. The van der Waals surface area contributed by atoms with Gasteiger partial charge in [-0.15, -0.1) is 0 Å². The van der Waals surface area contributed by atoms with Gasteiger partial charge in [0.2, 0.25) is 0 Å². The third-order valence-corrected chi connectivity index (χ3v) is 2.78. The van der Waals surface area contributed by atoms with E-state index >= 15 is 0 Å².